The summed E-state index contributed by atoms with van der Waals surface area (Å²) >= 11 is 0. The van der Waals surface area contributed by atoms with Crippen molar-refractivity contribution >= 4 is 5.91 Å². The van der Waals surface area contributed by atoms with Crippen molar-refractivity contribution in [1.29, 1.82) is 0 Å². The predicted octanol–water partition coefficient (Wildman–Crippen LogP) is 3.31. The second-order valence-electron chi connectivity index (χ2n) is 6.15. The summed E-state index contributed by atoms with van der Waals surface area (Å²) < 4.78 is 28.9. The van der Waals surface area contributed by atoms with Gasteiger partial charge in [-0.2, -0.15) is 4.98 Å². The van der Waals surface area contributed by atoms with E-state index in [9.17, 15) is 9.18 Å². The maximum atomic E-state index is 13.0. The molecule has 0 radical (unpaired) electrons. The summed E-state index contributed by atoms with van der Waals surface area (Å²) in [5.74, 6) is 1.23. The summed E-state index contributed by atoms with van der Waals surface area (Å²) in [6.07, 6.45) is -0.751. The van der Waals surface area contributed by atoms with Crippen molar-refractivity contribution in [1.82, 2.24) is 15.0 Å². The van der Waals surface area contributed by atoms with Gasteiger partial charge in [0.1, 0.15) is 17.3 Å². The number of nitrogens with zero attached hydrogens (tertiary/aromatic N) is 3. The van der Waals surface area contributed by atoms with Crippen LogP contribution in [0.15, 0.2) is 53.1 Å². The van der Waals surface area contributed by atoms with Gasteiger partial charge in [-0.25, -0.2) is 4.39 Å². The second kappa shape index (κ2) is 8.51. The first-order valence-corrected chi connectivity index (χ1v) is 8.60. The van der Waals surface area contributed by atoms with Gasteiger partial charge in [0.2, 0.25) is 11.7 Å². The average Bonchev–Trinajstić information content (AvgIpc) is 3.17. The van der Waals surface area contributed by atoms with Crippen LogP contribution in [0.25, 0.3) is 11.4 Å². The Bertz CT molecular complexity index is 925. The lowest BCUT2D eigenvalue weighted by Crippen LogP contribution is -2.37. The summed E-state index contributed by atoms with van der Waals surface area (Å²) in [7, 11) is 3.21. The van der Waals surface area contributed by atoms with E-state index >= 15 is 0 Å². The normalized spacial score (nSPS) is 11.7. The van der Waals surface area contributed by atoms with Crippen LogP contribution in [0.3, 0.4) is 0 Å². The lowest BCUT2D eigenvalue weighted by Gasteiger charge is -2.20. The summed E-state index contributed by atoms with van der Waals surface area (Å²) in [6.45, 7) is 1.76. The van der Waals surface area contributed by atoms with Crippen LogP contribution in [-0.4, -0.2) is 41.2 Å². The van der Waals surface area contributed by atoms with Gasteiger partial charge in [-0.1, -0.05) is 5.16 Å². The molecule has 2 aromatic carbocycles. The first kappa shape index (κ1) is 19.3. The third kappa shape index (κ3) is 4.64. The Kier molecular flexibility index (Phi) is 5.88. The largest absolute Gasteiger partial charge is 0.497 e. The van der Waals surface area contributed by atoms with Crippen LogP contribution in [0.5, 0.6) is 11.5 Å². The van der Waals surface area contributed by atoms with Gasteiger partial charge >= 0.3 is 0 Å². The molecule has 0 unspecified atom stereocenters. The van der Waals surface area contributed by atoms with Gasteiger partial charge in [-0.15, -0.1) is 0 Å². The van der Waals surface area contributed by atoms with Crippen molar-refractivity contribution in [2.24, 2.45) is 0 Å². The van der Waals surface area contributed by atoms with Crippen molar-refractivity contribution in [3.8, 4) is 22.9 Å². The lowest BCUT2D eigenvalue weighted by atomic mass is 10.2. The molecule has 0 fully saturated rings. The van der Waals surface area contributed by atoms with E-state index in [4.69, 9.17) is 14.0 Å². The van der Waals surface area contributed by atoms with E-state index in [0.29, 0.717) is 17.5 Å². The van der Waals surface area contributed by atoms with Gasteiger partial charge < -0.3 is 18.9 Å². The smallest absolute Gasteiger partial charge is 0.263 e. The topological polar surface area (TPSA) is 77.7 Å². The summed E-state index contributed by atoms with van der Waals surface area (Å²) in [5, 5.41) is 3.94. The number of hydrogen-bond acceptors (Lipinski definition) is 6. The molecule has 0 bridgehead atoms. The molecular formula is C20H20FN3O4. The van der Waals surface area contributed by atoms with E-state index in [0.717, 1.165) is 11.3 Å². The van der Waals surface area contributed by atoms with E-state index in [1.54, 1.807) is 33.2 Å². The van der Waals surface area contributed by atoms with Gasteiger partial charge in [0, 0.05) is 12.6 Å². The number of amides is 1. The van der Waals surface area contributed by atoms with Crippen LogP contribution in [0, 0.1) is 5.82 Å². The quantitative estimate of drug-likeness (QED) is 0.621. The number of carbonyl (C=O) groups excluding carboxylic acids is 1. The molecule has 1 aromatic heterocycles. The van der Waals surface area contributed by atoms with E-state index in [-0.39, 0.29) is 18.3 Å². The molecule has 1 atom stereocenters. The molecule has 7 nitrogen and oxygen atoms in total. The Morgan fingerprint density at radius 2 is 1.79 bits per heavy atom. The molecule has 0 aliphatic carbocycles. The second-order valence-corrected chi connectivity index (χ2v) is 6.15. The van der Waals surface area contributed by atoms with Gasteiger partial charge in [-0.3, -0.25) is 4.79 Å². The number of hydrogen-bond donors (Lipinski definition) is 0. The Morgan fingerprint density at radius 3 is 2.43 bits per heavy atom. The molecular weight excluding hydrogens is 365 g/mol. The van der Waals surface area contributed by atoms with Gasteiger partial charge in [-0.05, 0) is 55.5 Å². The minimum absolute atomic E-state index is 0.138. The van der Waals surface area contributed by atoms with Crippen molar-refractivity contribution in [2.75, 3.05) is 14.2 Å². The highest BCUT2D eigenvalue weighted by Gasteiger charge is 2.21. The molecule has 1 heterocycles. The van der Waals surface area contributed by atoms with Crippen molar-refractivity contribution in [2.45, 2.75) is 19.6 Å². The third-order valence-corrected chi connectivity index (χ3v) is 4.04. The monoisotopic (exact) mass is 385 g/mol. The molecule has 28 heavy (non-hydrogen) atoms. The van der Waals surface area contributed by atoms with E-state index in [2.05, 4.69) is 10.1 Å². The van der Waals surface area contributed by atoms with Gasteiger partial charge in [0.25, 0.3) is 5.91 Å². The first-order valence-electron chi connectivity index (χ1n) is 8.60. The highest BCUT2D eigenvalue weighted by atomic mass is 19.1. The fourth-order valence-corrected chi connectivity index (χ4v) is 2.54. The Balaban J connectivity index is 1.60. The minimum Gasteiger partial charge on any atom is -0.497 e. The van der Waals surface area contributed by atoms with Crippen molar-refractivity contribution in [3.63, 3.8) is 0 Å². The highest BCUT2D eigenvalue weighted by Crippen LogP contribution is 2.20. The minimum atomic E-state index is -0.751. The molecule has 0 saturated carbocycles. The van der Waals surface area contributed by atoms with Crippen LogP contribution in [0.1, 0.15) is 12.8 Å². The number of ether oxygens (including phenoxy) is 2. The third-order valence-electron chi connectivity index (χ3n) is 4.04. The first-order chi connectivity index (χ1) is 13.5. The van der Waals surface area contributed by atoms with Gasteiger partial charge in [0.15, 0.2) is 6.10 Å². The van der Waals surface area contributed by atoms with E-state index < -0.39 is 6.10 Å². The zero-order valence-electron chi connectivity index (χ0n) is 15.8. The molecule has 8 heteroatoms. The zero-order valence-corrected chi connectivity index (χ0v) is 15.8. The summed E-state index contributed by atoms with van der Waals surface area (Å²) in [6, 6.07) is 12.7. The standard InChI is InChI=1S/C20H20FN3O4/c1-13(27-17-10-6-15(21)7-11-17)20(25)24(2)12-18-22-19(23-28-18)14-4-8-16(26-3)9-5-14/h4-11,13H,12H2,1-3H3/t13-/m1/s1. The SMILES string of the molecule is COc1ccc(-c2noc(CN(C)C(=O)[C@@H](C)Oc3ccc(F)cc3)n2)cc1. The molecule has 0 spiro atoms. The highest BCUT2D eigenvalue weighted by molar-refractivity contribution is 5.80. The van der Waals surface area contributed by atoms with Crippen LogP contribution in [0.2, 0.25) is 0 Å². The maximum Gasteiger partial charge on any atom is 0.263 e. The molecule has 3 rings (SSSR count). The molecule has 0 aliphatic rings. The Hall–Kier alpha value is -3.42. The number of likely N-dealkylation sites (N-methyl/N-ethyl adjacent to an activating group) is 1. The summed E-state index contributed by atoms with van der Waals surface area (Å²) in [5.41, 5.74) is 0.776. The zero-order chi connectivity index (χ0) is 20.1. The number of rotatable bonds is 7. The average molecular weight is 385 g/mol. The van der Waals surface area contributed by atoms with Crippen LogP contribution in [-0.2, 0) is 11.3 Å². The Morgan fingerprint density at radius 1 is 1.14 bits per heavy atom. The molecule has 0 aliphatic heterocycles. The number of methoxy groups -OCH3 is 1. The number of aromatic nitrogens is 2. The maximum absolute atomic E-state index is 13.0. The Labute approximate surface area is 161 Å². The van der Waals surface area contributed by atoms with Crippen molar-refractivity contribution in [3.05, 3.63) is 60.2 Å². The molecule has 1 amide bonds. The number of benzene rings is 2. The summed E-state index contributed by atoms with van der Waals surface area (Å²) in [4.78, 5) is 18.2. The number of halogens is 1. The predicted molar refractivity (Wildman–Crippen MR) is 99.3 cm³/mol. The van der Waals surface area contributed by atoms with Crippen LogP contribution < -0.4 is 9.47 Å². The fraction of sp³-hybridized carbons (Fsp3) is 0.250. The van der Waals surface area contributed by atoms with Gasteiger partial charge in [0.05, 0.1) is 13.7 Å². The molecule has 0 saturated heterocycles. The fourth-order valence-electron chi connectivity index (χ4n) is 2.54. The van der Waals surface area contributed by atoms with E-state index in [1.165, 1.54) is 29.2 Å². The van der Waals surface area contributed by atoms with Crippen LogP contribution >= 0.6 is 0 Å². The van der Waals surface area contributed by atoms with Crippen LogP contribution in [0.4, 0.5) is 4.39 Å². The molecule has 3 aromatic rings. The molecule has 0 N–H and O–H groups in total. The lowest BCUT2D eigenvalue weighted by molar-refractivity contribution is -0.137. The van der Waals surface area contributed by atoms with Crippen molar-refractivity contribution < 1.29 is 23.2 Å². The molecule has 146 valence electrons. The van der Waals surface area contributed by atoms with E-state index in [1.807, 2.05) is 12.1 Å². The number of carbonyl (C=O) groups is 1.